The lowest BCUT2D eigenvalue weighted by atomic mass is 10.0. The van der Waals surface area contributed by atoms with Gasteiger partial charge >= 0.3 is 11.6 Å². The average molecular weight is 395 g/mol. The number of aliphatic carboxylic acids is 1. The molecule has 0 spiro atoms. The maximum Gasteiger partial charge on any atom is 0.336 e. The van der Waals surface area contributed by atoms with Gasteiger partial charge in [0.15, 0.2) is 0 Å². The lowest BCUT2D eigenvalue weighted by Crippen LogP contribution is -2.38. The molecule has 1 aromatic heterocycles. The van der Waals surface area contributed by atoms with Gasteiger partial charge in [0.25, 0.3) is 0 Å². The number of phenolic OH excluding ortho intramolecular Hbond substituents is 1. The third-order valence-corrected chi connectivity index (χ3v) is 4.98. The van der Waals surface area contributed by atoms with Gasteiger partial charge in [-0.3, -0.25) is 10.1 Å². The van der Waals surface area contributed by atoms with Crippen molar-refractivity contribution in [1.82, 2.24) is 5.32 Å². The fraction of sp³-hybridized carbons (Fsp3) is 0.304. The number of nitrogens with one attached hydrogen (secondary N) is 1. The Hall–Kier alpha value is -3.12. The van der Waals surface area contributed by atoms with Crippen molar-refractivity contribution in [3.05, 3.63) is 75.6 Å². The quantitative estimate of drug-likeness (QED) is 0.479. The van der Waals surface area contributed by atoms with Crippen LogP contribution in [0.15, 0.2) is 57.7 Å². The molecule has 0 amide bonds. The van der Waals surface area contributed by atoms with Crippen molar-refractivity contribution in [2.75, 3.05) is 0 Å². The molecule has 29 heavy (non-hydrogen) atoms. The van der Waals surface area contributed by atoms with Crippen LogP contribution in [0, 0.1) is 0 Å². The summed E-state index contributed by atoms with van der Waals surface area (Å²) in [5, 5.41) is 23.7. The largest absolute Gasteiger partial charge is 0.507 e. The molecule has 0 aliphatic carbocycles. The smallest absolute Gasteiger partial charge is 0.336 e. The topological polar surface area (TPSA) is 99.8 Å². The first-order chi connectivity index (χ1) is 14.0. The molecule has 6 nitrogen and oxygen atoms in total. The van der Waals surface area contributed by atoms with E-state index in [9.17, 15) is 19.8 Å². The minimum absolute atomic E-state index is 0.0374. The first-order valence-corrected chi connectivity index (χ1v) is 9.77. The van der Waals surface area contributed by atoms with Gasteiger partial charge in [0.05, 0.1) is 5.56 Å². The van der Waals surface area contributed by atoms with E-state index in [1.165, 1.54) is 6.07 Å². The number of benzene rings is 2. The number of rotatable bonds is 9. The number of carbonyl (C=O) groups is 1. The second-order valence-electron chi connectivity index (χ2n) is 7.10. The fourth-order valence-electron chi connectivity index (χ4n) is 3.40. The van der Waals surface area contributed by atoms with Crippen LogP contribution >= 0.6 is 0 Å². The minimum atomic E-state index is -0.987. The normalized spacial score (nSPS) is 12.2. The molecular formula is C23H25NO5. The summed E-state index contributed by atoms with van der Waals surface area (Å²) in [4.78, 5) is 23.8. The predicted octanol–water partition coefficient (Wildman–Crippen LogP) is 3.63. The summed E-state index contributed by atoms with van der Waals surface area (Å²) in [5.41, 5.74) is 1.98. The maximum absolute atomic E-state index is 12.1. The van der Waals surface area contributed by atoms with Crippen molar-refractivity contribution in [2.45, 2.75) is 45.2 Å². The van der Waals surface area contributed by atoms with Crippen LogP contribution in [-0.4, -0.2) is 22.2 Å². The van der Waals surface area contributed by atoms with Gasteiger partial charge < -0.3 is 14.6 Å². The van der Waals surface area contributed by atoms with Gasteiger partial charge in [0.2, 0.25) is 0 Å². The third kappa shape index (κ3) is 5.03. The number of hydrogen-bond donors (Lipinski definition) is 3. The molecule has 3 rings (SSSR count). The highest BCUT2D eigenvalue weighted by molar-refractivity contribution is 5.85. The van der Waals surface area contributed by atoms with E-state index in [2.05, 4.69) is 12.2 Å². The van der Waals surface area contributed by atoms with Gasteiger partial charge in [-0.1, -0.05) is 43.7 Å². The molecule has 0 saturated heterocycles. The highest BCUT2D eigenvalue weighted by atomic mass is 16.4. The molecule has 0 saturated carbocycles. The van der Waals surface area contributed by atoms with Crippen LogP contribution in [0.5, 0.6) is 5.75 Å². The summed E-state index contributed by atoms with van der Waals surface area (Å²) in [6, 6.07) is 13.3. The second-order valence-corrected chi connectivity index (χ2v) is 7.10. The zero-order valence-electron chi connectivity index (χ0n) is 16.4. The monoisotopic (exact) mass is 395 g/mol. The number of aryl methyl sites for hydroxylation is 1. The van der Waals surface area contributed by atoms with E-state index in [1.807, 2.05) is 30.3 Å². The SMILES string of the molecule is CCCCc1cc(=O)oc2c(CNC(Cc3ccccc3)C(=O)O)c(O)ccc12. The van der Waals surface area contributed by atoms with Crippen LogP contribution in [0.3, 0.4) is 0 Å². The standard InChI is InChI=1S/C23H25NO5/c1-2-3-9-16-13-21(26)29-22-17(16)10-11-20(25)18(22)14-24-19(23(27)28)12-15-7-5-4-6-8-15/h4-8,10-11,13,19,24-25H,2-3,9,12,14H2,1H3,(H,27,28). The summed E-state index contributed by atoms with van der Waals surface area (Å²) in [6.07, 6.45) is 2.97. The third-order valence-electron chi connectivity index (χ3n) is 4.98. The first kappa shape index (κ1) is 20.6. The summed E-state index contributed by atoms with van der Waals surface area (Å²) >= 11 is 0. The summed E-state index contributed by atoms with van der Waals surface area (Å²) in [6.45, 7) is 2.14. The molecule has 3 N–H and O–H groups in total. The Balaban J connectivity index is 1.90. The van der Waals surface area contributed by atoms with E-state index in [1.54, 1.807) is 12.1 Å². The molecule has 3 aromatic rings. The zero-order valence-corrected chi connectivity index (χ0v) is 16.4. The lowest BCUT2D eigenvalue weighted by molar-refractivity contribution is -0.139. The van der Waals surface area contributed by atoms with E-state index in [0.717, 1.165) is 35.8 Å². The van der Waals surface area contributed by atoms with Crippen LogP contribution in [0.2, 0.25) is 0 Å². The van der Waals surface area contributed by atoms with E-state index in [4.69, 9.17) is 4.42 Å². The summed E-state index contributed by atoms with van der Waals surface area (Å²) in [5.74, 6) is -1.02. The average Bonchev–Trinajstić information content (AvgIpc) is 2.70. The van der Waals surface area contributed by atoms with Crippen molar-refractivity contribution in [3.63, 3.8) is 0 Å². The summed E-state index contributed by atoms with van der Waals surface area (Å²) in [7, 11) is 0. The molecule has 1 heterocycles. The lowest BCUT2D eigenvalue weighted by Gasteiger charge is -2.16. The number of phenols is 1. The van der Waals surface area contributed by atoms with Crippen molar-refractivity contribution in [1.29, 1.82) is 0 Å². The van der Waals surface area contributed by atoms with Crippen LogP contribution in [0.1, 0.15) is 36.5 Å². The molecule has 1 atom stereocenters. The first-order valence-electron chi connectivity index (χ1n) is 9.77. The molecule has 0 aliphatic heterocycles. The van der Waals surface area contributed by atoms with E-state index < -0.39 is 17.6 Å². The molecule has 2 aromatic carbocycles. The van der Waals surface area contributed by atoms with E-state index >= 15 is 0 Å². The molecule has 6 heteroatoms. The number of hydrogen-bond acceptors (Lipinski definition) is 5. The van der Waals surface area contributed by atoms with Crippen LogP contribution in [0.4, 0.5) is 0 Å². The number of aromatic hydroxyl groups is 1. The molecular weight excluding hydrogens is 370 g/mol. The molecule has 0 fully saturated rings. The Bertz CT molecular complexity index is 1040. The van der Waals surface area contributed by atoms with Crippen molar-refractivity contribution in [2.24, 2.45) is 0 Å². The van der Waals surface area contributed by atoms with Crippen LogP contribution in [-0.2, 0) is 24.2 Å². The van der Waals surface area contributed by atoms with Gasteiger partial charge in [0.1, 0.15) is 17.4 Å². The van der Waals surface area contributed by atoms with Crippen LogP contribution in [0.25, 0.3) is 11.0 Å². The van der Waals surface area contributed by atoms with E-state index in [0.29, 0.717) is 17.6 Å². The van der Waals surface area contributed by atoms with Gasteiger partial charge in [-0.2, -0.15) is 0 Å². The van der Waals surface area contributed by atoms with Crippen molar-refractivity contribution >= 4 is 16.9 Å². The predicted molar refractivity (Wildman–Crippen MR) is 111 cm³/mol. The van der Waals surface area contributed by atoms with E-state index in [-0.39, 0.29) is 12.3 Å². The second kappa shape index (κ2) is 9.39. The van der Waals surface area contributed by atoms with Crippen LogP contribution < -0.4 is 10.9 Å². The van der Waals surface area contributed by atoms with Gasteiger partial charge in [-0.05, 0) is 42.5 Å². The number of carboxylic acid groups (broad SMARTS) is 1. The number of carboxylic acids is 1. The van der Waals surface area contributed by atoms with Crippen molar-refractivity contribution in [3.8, 4) is 5.75 Å². The van der Waals surface area contributed by atoms with Gasteiger partial charge in [0, 0.05) is 18.0 Å². The molecule has 0 aliphatic rings. The highest BCUT2D eigenvalue weighted by Crippen LogP contribution is 2.29. The Morgan fingerprint density at radius 2 is 1.93 bits per heavy atom. The molecule has 1 unspecified atom stereocenters. The Labute approximate surface area is 168 Å². The van der Waals surface area contributed by atoms with Gasteiger partial charge in [-0.15, -0.1) is 0 Å². The Morgan fingerprint density at radius 3 is 2.62 bits per heavy atom. The summed E-state index contributed by atoms with van der Waals surface area (Å²) < 4.78 is 5.40. The zero-order chi connectivity index (χ0) is 20.8. The Morgan fingerprint density at radius 1 is 1.17 bits per heavy atom. The van der Waals surface area contributed by atoms with Crippen molar-refractivity contribution < 1.29 is 19.4 Å². The molecule has 152 valence electrons. The molecule has 0 bridgehead atoms. The Kier molecular flexibility index (Phi) is 6.67. The van der Waals surface area contributed by atoms with Gasteiger partial charge in [-0.25, -0.2) is 4.79 Å². The number of unbranched alkanes of at least 4 members (excludes halogenated alkanes) is 1. The molecule has 0 radical (unpaired) electrons. The minimum Gasteiger partial charge on any atom is -0.507 e. The highest BCUT2D eigenvalue weighted by Gasteiger charge is 2.20. The maximum atomic E-state index is 12.1. The fourth-order valence-corrected chi connectivity index (χ4v) is 3.40. The number of fused-ring (bicyclic) bond motifs is 1.